The second kappa shape index (κ2) is 44.8. The standard InChI is InChI=1S/C93H96O24/c1-63(94)109-78-74(61-107-86(96)68-44-24-11-25-45-68)112-93(116-79-75(62-108-87(97)69-46-26-12-27-47-69)110-91(103-55-35-6-4-3-5-34-54-76(95)101-2)84(114-89(99)71-50-30-14-31-51-71)81(79)113-88(98)70-48-28-13-29-49-70)85(115-90(100)72-52-32-15-33-53-72)82(78)117-92-83(106-59-67-42-22-10-23-43-67)80(105-58-66-40-20-9-21-41-66)77(104-57-65-38-18-8-19-39-65)73(111-92)60-102-56-64-36-16-7-17-37-64/h7-33,36-53,73-75,77-85,91-93H,3-6,34-35,54-62H2,1-2H3/t73-,74-,75-,77+,78+,79-,80+,81+,82+,83-,84-,85-,91-,92-,93+/m1/s1. The van der Waals surface area contributed by atoms with Crippen LogP contribution in [0.3, 0.4) is 0 Å². The van der Waals surface area contributed by atoms with Gasteiger partial charge in [-0.3, -0.25) is 9.59 Å². The van der Waals surface area contributed by atoms with Gasteiger partial charge in [-0.15, -0.1) is 0 Å². The second-order valence-corrected chi connectivity index (χ2v) is 28.1. The highest BCUT2D eigenvalue weighted by molar-refractivity contribution is 5.92. The molecule has 3 aliphatic heterocycles. The van der Waals surface area contributed by atoms with E-state index in [-0.39, 0.29) is 79.8 Å². The van der Waals surface area contributed by atoms with Gasteiger partial charge in [0.25, 0.3) is 0 Å². The van der Waals surface area contributed by atoms with Crippen LogP contribution in [0.5, 0.6) is 0 Å². The molecule has 0 bridgehead atoms. The molecular formula is C93H96O24. The van der Waals surface area contributed by atoms with E-state index >= 15 is 9.59 Å². The van der Waals surface area contributed by atoms with Gasteiger partial charge in [-0.25, -0.2) is 24.0 Å². The van der Waals surface area contributed by atoms with E-state index in [4.69, 9.17) is 80.5 Å². The summed E-state index contributed by atoms with van der Waals surface area (Å²) in [6, 6.07) is 77.9. The molecule has 0 radical (unpaired) electrons. The van der Waals surface area contributed by atoms with Gasteiger partial charge in [0.05, 0.1) is 68.0 Å². The SMILES string of the molecule is COC(=O)CCCCCCCCO[C@@H]1O[C@H](COC(=O)c2ccccc2)[C@@H](O[C@@H]2O[C@H](COC(=O)c3ccccc3)[C@H](OC(C)=O)[C@H](O[C@H]3O[C@H](COCc4ccccc4)[C@H](OCc4ccccc4)[C@H](OCc4ccccc4)[C@H]3OCc3ccccc3)[C@H]2OC(=O)c2ccccc2)[C@H](OC(=O)c2ccccc2)[C@H]1OC(=O)c1ccccc1. The average molecular weight is 1600 g/mol. The van der Waals surface area contributed by atoms with E-state index in [2.05, 4.69) is 0 Å². The first-order valence-electron chi connectivity index (χ1n) is 39.3. The fourth-order valence-electron chi connectivity index (χ4n) is 13.8. The Bertz CT molecular complexity index is 4500. The summed E-state index contributed by atoms with van der Waals surface area (Å²) in [4.78, 5) is 101. The molecule has 9 aromatic carbocycles. The van der Waals surface area contributed by atoms with Crippen molar-refractivity contribution in [2.75, 3.05) is 33.5 Å². The zero-order valence-corrected chi connectivity index (χ0v) is 65.0. The molecule has 3 fully saturated rings. The lowest BCUT2D eigenvalue weighted by Crippen LogP contribution is -2.69. The van der Waals surface area contributed by atoms with E-state index in [9.17, 15) is 24.0 Å². The molecule has 3 aliphatic rings. The zero-order valence-electron chi connectivity index (χ0n) is 65.0. The molecule has 12 rings (SSSR count). The number of unbranched alkanes of at least 4 members (excludes halogenated alkanes) is 5. The van der Waals surface area contributed by atoms with Crippen LogP contribution in [0.1, 0.15) is 126 Å². The fraction of sp³-hybridized carbons (Fsp3) is 0.344. The molecule has 0 saturated carbocycles. The number of methoxy groups -OCH3 is 1. The van der Waals surface area contributed by atoms with Crippen LogP contribution in [-0.2, 0) is 117 Å². The van der Waals surface area contributed by atoms with Crippen LogP contribution in [0.15, 0.2) is 273 Å². The first-order chi connectivity index (χ1) is 57.3. The van der Waals surface area contributed by atoms with Crippen LogP contribution >= 0.6 is 0 Å². The van der Waals surface area contributed by atoms with Crippen LogP contribution in [0.2, 0.25) is 0 Å². The van der Waals surface area contributed by atoms with Crippen molar-refractivity contribution in [1.82, 2.24) is 0 Å². The highest BCUT2D eigenvalue weighted by Crippen LogP contribution is 2.40. The zero-order chi connectivity index (χ0) is 81.3. The third-order valence-electron chi connectivity index (χ3n) is 19.7. The maximum atomic E-state index is 15.5. The number of hydrogen-bond donors (Lipinski definition) is 0. The number of ether oxygens (including phenoxy) is 17. The van der Waals surface area contributed by atoms with Gasteiger partial charge in [0.1, 0.15) is 62.0 Å². The summed E-state index contributed by atoms with van der Waals surface area (Å²) in [5, 5.41) is 0. The van der Waals surface area contributed by atoms with Crippen molar-refractivity contribution in [3.05, 3.63) is 323 Å². The Morgan fingerprint density at radius 3 is 1.06 bits per heavy atom. The molecular weight excluding hydrogens is 1500 g/mol. The van der Waals surface area contributed by atoms with Crippen LogP contribution in [-0.4, -0.2) is 167 Å². The third-order valence-corrected chi connectivity index (χ3v) is 19.7. The molecule has 3 saturated heterocycles. The van der Waals surface area contributed by atoms with Crippen molar-refractivity contribution in [1.29, 1.82) is 0 Å². The summed E-state index contributed by atoms with van der Waals surface area (Å²) in [6.45, 7) is -0.407. The van der Waals surface area contributed by atoms with E-state index < -0.39 is 141 Å². The Kier molecular flexibility index (Phi) is 32.7. The average Bonchev–Trinajstić information content (AvgIpc) is 0.763. The summed E-state index contributed by atoms with van der Waals surface area (Å²) in [6.07, 6.45) is -20.3. The Labute approximate surface area is 679 Å². The maximum absolute atomic E-state index is 15.5. The first-order valence-corrected chi connectivity index (χ1v) is 39.3. The maximum Gasteiger partial charge on any atom is 0.338 e. The minimum Gasteiger partial charge on any atom is -0.469 e. The van der Waals surface area contributed by atoms with Gasteiger partial charge in [0.2, 0.25) is 0 Å². The van der Waals surface area contributed by atoms with Crippen molar-refractivity contribution in [3.8, 4) is 0 Å². The summed E-state index contributed by atoms with van der Waals surface area (Å²) < 4.78 is 115. The lowest BCUT2D eigenvalue weighted by molar-refractivity contribution is -0.384. The van der Waals surface area contributed by atoms with E-state index in [0.717, 1.165) is 48.4 Å². The minimum atomic E-state index is -2.10. The van der Waals surface area contributed by atoms with E-state index in [1.54, 1.807) is 103 Å². The molecule has 24 nitrogen and oxygen atoms in total. The lowest BCUT2D eigenvalue weighted by Gasteiger charge is -2.51. The molecule has 24 heteroatoms. The van der Waals surface area contributed by atoms with Crippen molar-refractivity contribution in [3.63, 3.8) is 0 Å². The highest BCUT2D eigenvalue weighted by atomic mass is 16.8. The van der Waals surface area contributed by atoms with Gasteiger partial charge < -0.3 is 80.5 Å². The van der Waals surface area contributed by atoms with Crippen molar-refractivity contribution in [2.24, 2.45) is 0 Å². The number of benzene rings is 9. The molecule has 15 atom stereocenters. The predicted molar refractivity (Wildman–Crippen MR) is 423 cm³/mol. The Morgan fingerprint density at radius 1 is 0.291 bits per heavy atom. The van der Waals surface area contributed by atoms with Crippen LogP contribution in [0.4, 0.5) is 0 Å². The summed E-state index contributed by atoms with van der Waals surface area (Å²) >= 11 is 0. The number of rotatable bonds is 40. The molecule has 0 aliphatic carbocycles. The van der Waals surface area contributed by atoms with Gasteiger partial charge in [-0.2, -0.15) is 0 Å². The molecule has 0 unspecified atom stereocenters. The molecule has 117 heavy (non-hydrogen) atoms. The number of carbonyl (C=O) groups is 7. The largest absolute Gasteiger partial charge is 0.469 e. The van der Waals surface area contributed by atoms with Crippen molar-refractivity contribution in [2.45, 2.75) is 170 Å². The molecule has 0 N–H and O–H groups in total. The summed E-state index contributed by atoms with van der Waals surface area (Å²) in [7, 11) is 1.35. The number of carbonyl (C=O) groups excluding carboxylic acids is 7. The molecule has 0 spiro atoms. The number of hydrogen-bond acceptors (Lipinski definition) is 24. The van der Waals surface area contributed by atoms with Gasteiger partial charge in [-0.05, 0) is 95.8 Å². The first kappa shape index (κ1) is 85.2. The topological polar surface area (TPSA) is 276 Å². The van der Waals surface area contributed by atoms with Crippen LogP contribution < -0.4 is 0 Å². The highest BCUT2D eigenvalue weighted by Gasteiger charge is 2.60. The van der Waals surface area contributed by atoms with Crippen molar-refractivity contribution < 1.29 is 114 Å². The molecule has 3 heterocycles. The summed E-state index contributed by atoms with van der Waals surface area (Å²) in [5.74, 6) is -5.74. The Morgan fingerprint density at radius 2 is 0.624 bits per heavy atom. The lowest BCUT2D eigenvalue weighted by atomic mass is 9.94. The van der Waals surface area contributed by atoms with Gasteiger partial charge in [-0.1, -0.05) is 238 Å². The third kappa shape index (κ3) is 25.2. The summed E-state index contributed by atoms with van der Waals surface area (Å²) in [5.41, 5.74) is 3.55. The van der Waals surface area contributed by atoms with Crippen molar-refractivity contribution >= 4 is 41.8 Å². The van der Waals surface area contributed by atoms with E-state index in [1.165, 1.54) is 55.6 Å². The quantitative estimate of drug-likeness (QED) is 0.0196. The van der Waals surface area contributed by atoms with Crippen LogP contribution in [0.25, 0.3) is 0 Å². The monoisotopic (exact) mass is 1600 g/mol. The predicted octanol–water partition coefficient (Wildman–Crippen LogP) is 14.1. The van der Waals surface area contributed by atoms with Gasteiger partial charge in [0.15, 0.2) is 43.3 Å². The van der Waals surface area contributed by atoms with Gasteiger partial charge >= 0.3 is 41.8 Å². The molecule has 612 valence electrons. The van der Waals surface area contributed by atoms with Gasteiger partial charge in [0, 0.05) is 20.0 Å². The number of esters is 7. The Balaban J connectivity index is 1.01. The normalized spacial score (nSPS) is 22.9. The van der Waals surface area contributed by atoms with Crippen LogP contribution in [0, 0.1) is 0 Å². The van der Waals surface area contributed by atoms with E-state index in [0.29, 0.717) is 19.3 Å². The fourth-order valence-corrected chi connectivity index (χ4v) is 13.8. The minimum absolute atomic E-state index is 0.00262. The second-order valence-electron chi connectivity index (χ2n) is 28.1. The Hall–Kier alpha value is -11.1. The molecule has 0 aromatic heterocycles. The molecule has 0 amide bonds. The van der Waals surface area contributed by atoms with E-state index in [1.807, 2.05) is 121 Å². The molecule has 9 aromatic rings. The smallest absolute Gasteiger partial charge is 0.338 e.